The SMILES string of the molecule is CC(=O)N1CCC(NCC2CC2)=C(C(N)=Nc2ccc(-c3cn[nH]c3)cc2)C1. The number of hydrogen-bond donors (Lipinski definition) is 3. The molecule has 0 saturated heterocycles. The zero-order valence-corrected chi connectivity index (χ0v) is 16.1. The van der Waals surface area contributed by atoms with Gasteiger partial charge in [0.1, 0.15) is 5.84 Å². The number of rotatable bonds is 6. The number of carbonyl (C=O) groups is 1. The number of nitrogens with one attached hydrogen (secondary N) is 2. The van der Waals surface area contributed by atoms with E-state index in [1.165, 1.54) is 12.8 Å². The van der Waals surface area contributed by atoms with Gasteiger partial charge in [-0.2, -0.15) is 5.10 Å². The number of nitrogens with two attached hydrogens (primary N) is 1. The number of aromatic amines is 1. The highest BCUT2D eigenvalue weighted by atomic mass is 16.2. The summed E-state index contributed by atoms with van der Waals surface area (Å²) in [5.74, 6) is 1.31. The molecular formula is C21H26N6O. The van der Waals surface area contributed by atoms with Crippen LogP contribution in [0.15, 0.2) is 52.9 Å². The number of H-pyrrole nitrogens is 1. The predicted octanol–water partition coefficient (Wildman–Crippen LogP) is 2.57. The van der Waals surface area contributed by atoms with E-state index in [2.05, 4.69) is 20.5 Å². The quantitative estimate of drug-likeness (QED) is 0.531. The van der Waals surface area contributed by atoms with Gasteiger partial charge in [-0.1, -0.05) is 12.1 Å². The Kier molecular flexibility index (Phi) is 5.14. The largest absolute Gasteiger partial charge is 0.388 e. The van der Waals surface area contributed by atoms with E-state index >= 15 is 0 Å². The van der Waals surface area contributed by atoms with Crippen LogP contribution in [0.25, 0.3) is 11.1 Å². The molecule has 0 unspecified atom stereocenters. The molecule has 1 fully saturated rings. The lowest BCUT2D eigenvalue weighted by molar-refractivity contribution is -0.128. The van der Waals surface area contributed by atoms with Gasteiger partial charge in [-0.05, 0) is 36.5 Å². The summed E-state index contributed by atoms with van der Waals surface area (Å²) >= 11 is 0. The molecule has 1 amide bonds. The molecule has 7 heteroatoms. The second-order valence-electron chi connectivity index (χ2n) is 7.50. The van der Waals surface area contributed by atoms with Gasteiger partial charge in [-0.15, -0.1) is 0 Å². The lowest BCUT2D eigenvalue weighted by atomic mass is 10.0. The minimum absolute atomic E-state index is 0.0657. The molecule has 28 heavy (non-hydrogen) atoms. The normalized spacial score (nSPS) is 17.8. The molecular weight excluding hydrogens is 352 g/mol. The average Bonchev–Trinajstić information content (AvgIpc) is 3.37. The van der Waals surface area contributed by atoms with E-state index in [-0.39, 0.29) is 5.91 Å². The number of amidine groups is 1. The summed E-state index contributed by atoms with van der Waals surface area (Å²) in [4.78, 5) is 18.3. The minimum atomic E-state index is 0.0657. The van der Waals surface area contributed by atoms with Gasteiger partial charge in [0.25, 0.3) is 0 Å². The van der Waals surface area contributed by atoms with Crippen LogP contribution in [0.5, 0.6) is 0 Å². The summed E-state index contributed by atoms with van der Waals surface area (Å²) in [6.45, 7) is 3.80. The molecule has 146 valence electrons. The molecule has 2 aliphatic rings. The third-order valence-electron chi connectivity index (χ3n) is 5.35. The van der Waals surface area contributed by atoms with Crippen LogP contribution in [-0.2, 0) is 4.79 Å². The maximum atomic E-state index is 11.9. The Balaban J connectivity index is 1.56. The molecule has 1 aliphatic heterocycles. The van der Waals surface area contributed by atoms with Crippen LogP contribution in [-0.4, -0.2) is 46.5 Å². The van der Waals surface area contributed by atoms with Crippen molar-refractivity contribution in [3.05, 3.63) is 47.9 Å². The van der Waals surface area contributed by atoms with Crippen molar-refractivity contribution in [3.63, 3.8) is 0 Å². The topological polar surface area (TPSA) is 99.4 Å². The highest BCUT2D eigenvalue weighted by Crippen LogP contribution is 2.29. The van der Waals surface area contributed by atoms with Crippen molar-refractivity contribution in [1.82, 2.24) is 20.4 Å². The van der Waals surface area contributed by atoms with Crippen molar-refractivity contribution in [2.24, 2.45) is 16.6 Å². The molecule has 7 nitrogen and oxygen atoms in total. The highest BCUT2D eigenvalue weighted by Gasteiger charge is 2.26. The number of carbonyl (C=O) groups excluding carboxylic acids is 1. The molecule has 2 heterocycles. The standard InChI is InChI=1S/C21H26N6O/c1-14(28)27-9-8-20(23-10-15-2-3-15)19(13-27)21(22)26-18-6-4-16(5-7-18)17-11-24-25-12-17/h4-7,11-12,15,23H,2-3,8-10,13H2,1H3,(H2,22,26)(H,24,25). The summed E-state index contributed by atoms with van der Waals surface area (Å²) in [6, 6.07) is 7.89. The Morgan fingerprint density at radius 1 is 1.32 bits per heavy atom. The number of amides is 1. The number of aliphatic imine (C=N–C) groups is 1. The summed E-state index contributed by atoms with van der Waals surface area (Å²) in [5.41, 5.74) is 11.3. The van der Waals surface area contributed by atoms with Gasteiger partial charge >= 0.3 is 0 Å². The minimum Gasteiger partial charge on any atom is -0.388 e. The molecule has 1 aromatic heterocycles. The first kappa shape index (κ1) is 18.3. The molecule has 2 aromatic rings. The van der Waals surface area contributed by atoms with E-state index in [0.29, 0.717) is 12.4 Å². The van der Waals surface area contributed by atoms with Gasteiger partial charge in [-0.25, -0.2) is 4.99 Å². The molecule has 0 bridgehead atoms. The van der Waals surface area contributed by atoms with Crippen LogP contribution in [0.3, 0.4) is 0 Å². The first-order valence-electron chi connectivity index (χ1n) is 9.75. The second kappa shape index (κ2) is 7.88. The second-order valence-corrected chi connectivity index (χ2v) is 7.50. The van der Waals surface area contributed by atoms with E-state index < -0.39 is 0 Å². The van der Waals surface area contributed by atoms with Crippen molar-refractivity contribution in [2.75, 3.05) is 19.6 Å². The average molecular weight is 378 g/mol. The third kappa shape index (κ3) is 4.24. The molecule has 0 atom stereocenters. The lowest BCUT2D eigenvalue weighted by Crippen LogP contribution is -2.41. The Bertz CT molecular complexity index is 893. The van der Waals surface area contributed by atoms with Crippen molar-refractivity contribution in [3.8, 4) is 11.1 Å². The zero-order chi connectivity index (χ0) is 19.5. The van der Waals surface area contributed by atoms with Crippen molar-refractivity contribution < 1.29 is 4.79 Å². The molecule has 4 rings (SSSR count). The monoisotopic (exact) mass is 378 g/mol. The Morgan fingerprint density at radius 2 is 2.11 bits per heavy atom. The van der Waals surface area contributed by atoms with E-state index in [0.717, 1.165) is 53.5 Å². The van der Waals surface area contributed by atoms with Crippen LogP contribution >= 0.6 is 0 Å². The van der Waals surface area contributed by atoms with Crippen LogP contribution in [0.4, 0.5) is 5.69 Å². The van der Waals surface area contributed by atoms with E-state index in [4.69, 9.17) is 5.73 Å². The summed E-state index contributed by atoms with van der Waals surface area (Å²) in [6.07, 6.45) is 7.02. The van der Waals surface area contributed by atoms with Gasteiger partial charge in [0, 0.05) is 49.5 Å². The number of hydrogen-bond acceptors (Lipinski definition) is 4. The van der Waals surface area contributed by atoms with Gasteiger partial charge in [0.15, 0.2) is 0 Å². The fourth-order valence-corrected chi connectivity index (χ4v) is 3.40. The first-order chi connectivity index (χ1) is 13.6. The van der Waals surface area contributed by atoms with Gasteiger partial charge in [0.2, 0.25) is 5.91 Å². The molecule has 0 radical (unpaired) electrons. The molecule has 1 aliphatic carbocycles. The lowest BCUT2D eigenvalue weighted by Gasteiger charge is -2.30. The molecule has 0 spiro atoms. The van der Waals surface area contributed by atoms with Gasteiger partial charge in [0.05, 0.1) is 18.4 Å². The van der Waals surface area contributed by atoms with Crippen molar-refractivity contribution >= 4 is 17.4 Å². The van der Waals surface area contributed by atoms with Crippen molar-refractivity contribution in [2.45, 2.75) is 26.2 Å². The van der Waals surface area contributed by atoms with Crippen LogP contribution in [0.2, 0.25) is 0 Å². The van der Waals surface area contributed by atoms with E-state index in [9.17, 15) is 4.79 Å². The fraction of sp³-hybridized carbons (Fsp3) is 0.381. The van der Waals surface area contributed by atoms with Crippen LogP contribution in [0, 0.1) is 5.92 Å². The Labute approximate surface area is 164 Å². The van der Waals surface area contributed by atoms with E-state index in [1.807, 2.05) is 35.4 Å². The van der Waals surface area contributed by atoms with Gasteiger partial charge in [-0.3, -0.25) is 9.89 Å². The Morgan fingerprint density at radius 3 is 2.75 bits per heavy atom. The maximum absolute atomic E-state index is 11.9. The number of nitrogens with zero attached hydrogens (tertiary/aromatic N) is 3. The summed E-state index contributed by atoms with van der Waals surface area (Å²) in [7, 11) is 0. The van der Waals surface area contributed by atoms with Crippen LogP contribution in [0.1, 0.15) is 26.2 Å². The number of benzene rings is 1. The fourth-order valence-electron chi connectivity index (χ4n) is 3.40. The third-order valence-corrected chi connectivity index (χ3v) is 5.35. The van der Waals surface area contributed by atoms with Crippen molar-refractivity contribution in [1.29, 1.82) is 0 Å². The number of aromatic nitrogens is 2. The smallest absolute Gasteiger partial charge is 0.219 e. The molecule has 1 aromatic carbocycles. The zero-order valence-electron chi connectivity index (χ0n) is 16.1. The van der Waals surface area contributed by atoms with Crippen LogP contribution < -0.4 is 11.1 Å². The maximum Gasteiger partial charge on any atom is 0.219 e. The first-order valence-corrected chi connectivity index (χ1v) is 9.75. The summed E-state index contributed by atoms with van der Waals surface area (Å²) < 4.78 is 0. The predicted molar refractivity (Wildman–Crippen MR) is 110 cm³/mol. The molecule has 1 saturated carbocycles. The van der Waals surface area contributed by atoms with E-state index in [1.54, 1.807) is 13.1 Å². The Hall–Kier alpha value is -3.09. The summed E-state index contributed by atoms with van der Waals surface area (Å²) in [5, 5.41) is 10.4. The van der Waals surface area contributed by atoms with Gasteiger partial charge < -0.3 is 16.0 Å². The highest BCUT2D eigenvalue weighted by molar-refractivity contribution is 6.00. The molecule has 4 N–H and O–H groups in total.